The van der Waals surface area contributed by atoms with Crippen molar-refractivity contribution in [3.05, 3.63) is 77.4 Å². The summed E-state index contributed by atoms with van der Waals surface area (Å²) >= 11 is 0. The lowest BCUT2D eigenvalue weighted by atomic mass is 10.0. The molecular weight excluding hydrogens is 502 g/mol. The molecule has 0 unspecified atom stereocenters. The molecule has 11 heteroatoms. The number of aliphatic hydroxyl groups is 1. The first-order valence-electron chi connectivity index (χ1n) is 12.9. The molecule has 9 nitrogen and oxygen atoms in total. The highest BCUT2D eigenvalue weighted by atomic mass is 19.1. The summed E-state index contributed by atoms with van der Waals surface area (Å²) in [4.78, 5) is 20.7. The summed E-state index contributed by atoms with van der Waals surface area (Å²) in [5, 5.41) is 14.4. The third-order valence-corrected chi connectivity index (χ3v) is 7.68. The molecule has 196 valence electrons. The third-order valence-electron chi connectivity index (χ3n) is 7.68. The van der Waals surface area contributed by atoms with Crippen LogP contribution in [0.15, 0.2) is 48.8 Å². The molecule has 2 aliphatic rings. The highest BCUT2D eigenvalue weighted by Gasteiger charge is 2.30. The quantitative estimate of drug-likeness (QED) is 0.320. The fourth-order valence-corrected chi connectivity index (χ4v) is 5.79. The number of rotatable bonds is 4. The summed E-state index contributed by atoms with van der Waals surface area (Å²) in [6, 6.07) is 8.75. The second-order valence-corrected chi connectivity index (χ2v) is 10.1. The van der Waals surface area contributed by atoms with E-state index >= 15 is 0 Å². The Labute approximate surface area is 222 Å². The average molecular weight is 527 g/mol. The fraction of sp³-hybridized carbons (Fsp3) is 0.286. The molecule has 5 heterocycles. The van der Waals surface area contributed by atoms with Crippen molar-refractivity contribution in [2.75, 3.05) is 29.4 Å². The van der Waals surface area contributed by atoms with Crippen molar-refractivity contribution in [3.63, 3.8) is 0 Å². The summed E-state index contributed by atoms with van der Waals surface area (Å²) in [6.45, 7) is 9.51. The SMILES string of the molecule is [C-]#[N+]c1cc2[nH]c(-c3cnn4ccc(N5CCC[C@@H]5c5cc(F)ccc5F)nc34)nc2cc1N1CC[C@H](O)C1. The number of β-amino-alcohol motifs (C(OH)–C–C–N with tert-alkyl or cyclic N) is 1. The van der Waals surface area contributed by atoms with Gasteiger partial charge in [-0.3, -0.25) is 0 Å². The van der Waals surface area contributed by atoms with Crippen LogP contribution in [0.2, 0.25) is 0 Å². The van der Waals surface area contributed by atoms with Gasteiger partial charge < -0.3 is 19.9 Å². The van der Waals surface area contributed by atoms with Crippen LogP contribution in [-0.4, -0.2) is 55.4 Å². The van der Waals surface area contributed by atoms with Gasteiger partial charge in [-0.1, -0.05) is 0 Å². The normalized spacial score (nSPS) is 19.4. The maximum Gasteiger partial charge on any atom is 0.211 e. The van der Waals surface area contributed by atoms with Crippen LogP contribution in [0.4, 0.5) is 26.0 Å². The number of hydrogen-bond donors (Lipinski definition) is 2. The molecule has 0 bridgehead atoms. The standard InChI is InChI=1S/C28H24F2N8O/c1-31-23-12-21-22(13-25(23)36-9-6-17(39)15-36)34-27(33-21)19-14-32-38-10-7-26(35-28(19)38)37-8-2-3-24(37)18-11-16(29)4-5-20(18)30/h4-5,7,10-14,17,24,39H,2-3,6,8-9,15H2,(H,33,34)/t17-,24+/m0/s1. The number of aromatic nitrogens is 5. The zero-order valence-corrected chi connectivity index (χ0v) is 20.8. The van der Waals surface area contributed by atoms with Crippen LogP contribution in [0.5, 0.6) is 0 Å². The summed E-state index contributed by atoms with van der Waals surface area (Å²) < 4.78 is 30.2. The van der Waals surface area contributed by atoms with E-state index in [1.54, 1.807) is 23.0 Å². The summed E-state index contributed by atoms with van der Waals surface area (Å²) in [7, 11) is 0. The maximum absolute atomic E-state index is 14.6. The molecule has 0 aliphatic carbocycles. The first kappa shape index (κ1) is 23.5. The summed E-state index contributed by atoms with van der Waals surface area (Å²) in [5.74, 6) is 0.323. The van der Waals surface area contributed by atoms with E-state index in [-0.39, 0.29) is 6.04 Å². The van der Waals surface area contributed by atoms with Crippen LogP contribution in [0.25, 0.3) is 32.9 Å². The predicted molar refractivity (Wildman–Crippen MR) is 143 cm³/mol. The smallest absolute Gasteiger partial charge is 0.211 e. The predicted octanol–water partition coefficient (Wildman–Crippen LogP) is 5.01. The number of benzene rings is 2. The molecule has 0 saturated carbocycles. The van der Waals surface area contributed by atoms with Gasteiger partial charge in [0.05, 0.1) is 41.5 Å². The van der Waals surface area contributed by atoms with Gasteiger partial charge in [-0.25, -0.2) is 28.1 Å². The number of anilines is 2. The molecule has 2 aliphatic heterocycles. The Kier molecular flexibility index (Phi) is 5.45. The fourth-order valence-electron chi connectivity index (χ4n) is 5.79. The van der Waals surface area contributed by atoms with Gasteiger partial charge in [0.15, 0.2) is 5.65 Å². The van der Waals surface area contributed by atoms with Gasteiger partial charge in [-0.05, 0) is 55.7 Å². The Hall–Kier alpha value is -4.56. The van der Waals surface area contributed by atoms with Crippen molar-refractivity contribution in [2.45, 2.75) is 31.4 Å². The van der Waals surface area contributed by atoms with E-state index in [1.165, 1.54) is 12.1 Å². The lowest BCUT2D eigenvalue weighted by molar-refractivity contribution is 0.198. The number of aromatic amines is 1. The molecule has 2 fully saturated rings. The van der Waals surface area contributed by atoms with Crippen LogP contribution < -0.4 is 9.80 Å². The molecule has 7 rings (SSSR count). The number of nitrogens with zero attached hydrogens (tertiary/aromatic N) is 7. The molecule has 2 saturated heterocycles. The van der Waals surface area contributed by atoms with Crippen molar-refractivity contribution in [2.24, 2.45) is 0 Å². The minimum absolute atomic E-state index is 0.317. The molecule has 2 aromatic carbocycles. The van der Waals surface area contributed by atoms with Crippen molar-refractivity contribution in [1.82, 2.24) is 24.6 Å². The monoisotopic (exact) mass is 526 g/mol. The van der Waals surface area contributed by atoms with Crippen molar-refractivity contribution in [3.8, 4) is 11.4 Å². The van der Waals surface area contributed by atoms with E-state index in [2.05, 4.69) is 14.9 Å². The summed E-state index contributed by atoms with van der Waals surface area (Å²) in [5.41, 5.74) is 4.26. The number of imidazole rings is 1. The van der Waals surface area contributed by atoms with Gasteiger partial charge >= 0.3 is 0 Å². The molecule has 0 amide bonds. The summed E-state index contributed by atoms with van der Waals surface area (Å²) in [6.07, 6.45) is 5.29. The third kappa shape index (κ3) is 3.95. The van der Waals surface area contributed by atoms with Crippen LogP contribution in [-0.2, 0) is 0 Å². The van der Waals surface area contributed by atoms with Crippen LogP contribution in [0.3, 0.4) is 0 Å². The first-order chi connectivity index (χ1) is 19.0. The number of nitrogens with one attached hydrogen (secondary N) is 1. The molecule has 5 aromatic rings. The number of hydrogen-bond acceptors (Lipinski definition) is 6. The van der Waals surface area contributed by atoms with Crippen molar-refractivity contribution in [1.29, 1.82) is 0 Å². The van der Waals surface area contributed by atoms with Gasteiger partial charge in [-0.15, -0.1) is 0 Å². The highest BCUT2D eigenvalue weighted by molar-refractivity contribution is 5.91. The number of fused-ring (bicyclic) bond motifs is 2. The zero-order chi connectivity index (χ0) is 26.7. The van der Waals surface area contributed by atoms with Crippen molar-refractivity contribution < 1.29 is 13.9 Å². The minimum atomic E-state index is -0.463. The molecular formula is C28H24F2N8O. The van der Waals surface area contributed by atoms with Crippen LogP contribution in [0, 0.1) is 18.2 Å². The van der Waals surface area contributed by atoms with Gasteiger partial charge in [0.25, 0.3) is 0 Å². The maximum atomic E-state index is 14.6. The topological polar surface area (TPSA) is 89.9 Å². The average Bonchev–Trinajstić information content (AvgIpc) is 3.74. The molecule has 0 radical (unpaired) electrons. The molecule has 2 atom stereocenters. The second kappa shape index (κ2) is 9.03. The largest absolute Gasteiger partial charge is 0.391 e. The van der Waals surface area contributed by atoms with Crippen LogP contribution in [0.1, 0.15) is 30.9 Å². The van der Waals surface area contributed by atoms with Crippen molar-refractivity contribution >= 4 is 33.9 Å². The Balaban J connectivity index is 1.27. The van der Waals surface area contributed by atoms with Gasteiger partial charge in [0, 0.05) is 37.1 Å². The molecule has 0 spiro atoms. The lowest BCUT2D eigenvalue weighted by Crippen LogP contribution is -2.24. The van der Waals surface area contributed by atoms with Gasteiger partial charge in [0.1, 0.15) is 23.3 Å². The van der Waals surface area contributed by atoms with E-state index in [1.807, 2.05) is 21.9 Å². The van der Waals surface area contributed by atoms with Gasteiger partial charge in [0.2, 0.25) is 5.69 Å². The molecule has 3 aromatic heterocycles. The van der Waals surface area contributed by atoms with E-state index < -0.39 is 17.7 Å². The van der Waals surface area contributed by atoms with E-state index in [9.17, 15) is 13.9 Å². The van der Waals surface area contributed by atoms with Crippen LogP contribution >= 0.6 is 0 Å². The number of H-pyrrole nitrogens is 1. The number of halogens is 2. The van der Waals surface area contributed by atoms with Gasteiger partial charge in [-0.2, -0.15) is 5.10 Å². The minimum Gasteiger partial charge on any atom is -0.391 e. The second-order valence-electron chi connectivity index (χ2n) is 10.1. The molecule has 39 heavy (non-hydrogen) atoms. The van der Waals surface area contributed by atoms with E-state index in [0.29, 0.717) is 72.1 Å². The molecule has 2 N–H and O–H groups in total. The lowest BCUT2D eigenvalue weighted by Gasteiger charge is -2.26. The number of aliphatic hydroxyl groups excluding tert-OH is 1. The Morgan fingerprint density at radius 2 is 1.97 bits per heavy atom. The Bertz CT molecular complexity index is 1770. The zero-order valence-electron chi connectivity index (χ0n) is 20.8. The van der Waals surface area contributed by atoms with E-state index in [4.69, 9.17) is 16.5 Å². The Morgan fingerprint density at radius 3 is 2.79 bits per heavy atom. The van der Waals surface area contributed by atoms with E-state index in [0.717, 1.165) is 23.7 Å². The first-order valence-corrected chi connectivity index (χ1v) is 12.9. The highest BCUT2D eigenvalue weighted by Crippen LogP contribution is 2.38. The Morgan fingerprint density at radius 1 is 1.08 bits per heavy atom.